The van der Waals surface area contributed by atoms with Crippen LogP contribution in [0.3, 0.4) is 0 Å². The first kappa shape index (κ1) is 12.6. The second-order valence-corrected chi connectivity index (χ2v) is 4.21. The summed E-state index contributed by atoms with van der Waals surface area (Å²) in [6.07, 6.45) is 0.693. The van der Waals surface area contributed by atoms with Gasteiger partial charge in [0, 0.05) is 13.5 Å². The lowest BCUT2D eigenvalue weighted by atomic mass is 10.2. The number of aryl methyl sites for hydroxylation is 2. The minimum absolute atomic E-state index is 0.414. The van der Waals surface area contributed by atoms with Crippen LogP contribution in [-0.2, 0) is 20.1 Å². The maximum absolute atomic E-state index is 5.69. The monoisotopic (exact) mass is 246 g/mol. The molecule has 18 heavy (non-hydrogen) atoms. The quantitative estimate of drug-likeness (QED) is 0.861. The van der Waals surface area contributed by atoms with E-state index in [1.165, 1.54) is 5.56 Å². The van der Waals surface area contributed by atoms with Gasteiger partial charge in [0.05, 0.1) is 0 Å². The molecule has 0 amide bonds. The number of rotatable bonds is 5. The van der Waals surface area contributed by atoms with Crippen molar-refractivity contribution >= 4 is 0 Å². The van der Waals surface area contributed by atoms with Gasteiger partial charge in [0.2, 0.25) is 0 Å². The molecule has 96 valence electrons. The maximum Gasteiger partial charge on any atom is 0.164 e. The molecule has 1 heterocycles. The summed E-state index contributed by atoms with van der Waals surface area (Å²) >= 11 is 0. The molecule has 0 bridgehead atoms. The van der Waals surface area contributed by atoms with E-state index in [1.54, 1.807) is 4.68 Å². The SMILES string of the molecule is Cc1cccc(OCc2nc(CCN)nn2C)c1. The van der Waals surface area contributed by atoms with Crippen LogP contribution in [0.4, 0.5) is 0 Å². The Hall–Kier alpha value is -1.88. The Kier molecular flexibility index (Phi) is 3.94. The summed E-state index contributed by atoms with van der Waals surface area (Å²) in [5.41, 5.74) is 6.66. The van der Waals surface area contributed by atoms with E-state index in [-0.39, 0.29) is 0 Å². The van der Waals surface area contributed by atoms with Gasteiger partial charge in [-0.25, -0.2) is 9.67 Å². The summed E-state index contributed by atoms with van der Waals surface area (Å²) in [5, 5.41) is 4.28. The Morgan fingerprint density at radius 1 is 1.39 bits per heavy atom. The molecule has 5 nitrogen and oxygen atoms in total. The van der Waals surface area contributed by atoms with E-state index < -0.39 is 0 Å². The van der Waals surface area contributed by atoms with Crippen LogP contribution >= 0.6 is 0 Å². The highest BCUT2D eigenvalue weighted by Crippen LogP contribution is 2.13. The lowest BCUT2D eigenvalue weighted by Gasteiger charge is -2.05. The van der Waals surface area contributed by atoms with Crippen molar-refractivity contribution in [3.63, 3.8) is 0 Å². The smallest absolute Gasteiger partial charge is 0.164 e. The van der Waals surface area contributed by atoms with Gasteiger partial charge in [0.25, 0.3) is 0 Å². The molecule has 2 N–H and O–H groups in total. The Labute approximate surface area is 107 Å². The van der Waals surface area contributed by atoms with E-state index in [0.29, 0.717) is 19.6 Å². The molecular weight excluding hydrogens is 228 g/mol. The largest absolute Gasteiger partial charge is 0.486 e. The van der Waals surface area contributed by atoms with Crippen molar-refractivity contribution < 1.29 is 4.74 Å². The summed E-state index contributed by atoms with van der Waals surface area (Å²) in [6.45, 7) is 3.01. The summed E-state index contributed by atoms with van der Waals surface area (Å²) in [7, 11) is 1.86. The number of benzene rings is 1. The predicted octanol–water partition coefficient (Wildman–Crippen LogP) is 1.20. The zero-order valence-electron chi connectivity index (χ0n) is 10.8. The number of nitrogens with two attached hydrogens (primary N) is 1. The summed E-state index contributed by atoms with van der Waals surface area (Å²) in [5.74, 6) is 2.42. The predicted molar refractivity (Wildman–Crippen MR) is 69.3 cm³/mol. The molecule has 0 saturated carbocycles. The zero-order valence-corrected chi connectivity index (χ0v) is 10.8. The summed E-state index contributed by atoms with van der Waals surface area (Å²) in [4.78, 5) is 4.38. The van der Waals surface area contributed by atoms with Crippen LogP contribution < -0.4 is 10.5 Å². The van der Waals surface area contributed by atoms with Gasteiger partial charge in [-0.15, -0.1) is 0 Å². The molecule has 2 rings (SSSR count). The lowest BCUT2D eigenvalue weighted by molar-refractivity contribution is 0.289. The van der Waals surface area contributed by atoms with Gasteiger partial charge < -0.3 is 10.5 Å². The Balaban J connectivity index is 2.01. The number of hydrogen-bond acceptors (Lipinski definition) is 4. The van der Waals surface area contributed by atoms with Crippen molar-refractivity contribution in [2.24, 2.45) is 12.8 Å². The maximum atomic E-state index is 5.69. The molecule has 0 radical (unpaired) electrons. The molecule has 0 aliphatic heterocycles. The van der Waals surface area contributed by atoms with Crippen molar-refractivity contribution in [2.45, 2.75) is 20.0 Å². The second-order valence-electron chi connectivity index (χ2n) is 4.21. The molecule has 5 heteroatoms. The van der Waals surface area contributed by atoms with Gasteiger partial charge >= 0.3 is 0 Å². The lowest BCUT2D eigenvalue weighted by Crippen LogP contribution is -2.04. The first-order valence-electron chi connectivity index (χ1n) is 5.97. The molecular formula is C13H18N4O. The van der Waals surface area contributed by atoms with Gasteiger partial charge in [-0.05, 0) is 31.2 Å². The van der Waals surface area contributed by atoms with E-state index in [0.717, 1.165) is 17.4 Å². The molecule has 0 aliphatic rings. The molecule has 1 aromatic heterocycles. The number of nitrogens with zero attached hydrogens (tertiary/aromatic N) is 3. The Bertz CT molecular complexity index is 521. The molecule has 1 aromatic carbocycles. The van der Waals surface area contributed by atoms with Crippen LogP contribution in [0.5, 0.6) is 5.75 Å². The molecule has 0 atom stereocenters. The van der Waals surface area contributed by atoms with Gasteiger partial charge in [0.1, 0.15) is 12.4 Å². The molecule has 0 aliphatic carbocycles. The first-order chi connectivity index (χ1) is 8.69. The van der Waals surface area contributed by atoms with E-state index in [1.807, 2.05) is 38.2 Å². The van der Waals surface area contributed by atoms with E-state index in [4.69, 9.17) is 10.5 Å². The number of hydrogen-bond donors (Lipinski definition) is 1. The second kappa shape index (κ2) is 5.64. The Morgan fingerprint density at radius 2 is 2.22 bits per heavy atom. The van der Waals surface area contributed by atoms with Gasteiger partial charge in [-0.2, -0.15) is 5.10 Å². The fourth-order valence-corrected chi connectivity index (χ4v) is 1.69. The highest BCUT2D eigenvalue weighted by atomic mass is 16.5. The van der Waals surface area contributed by atoms with Crippen LogP contribution in [0.15, 0.2) is 24.3 Å². The standard InChI is InChI=1S/C13H18N4O/c1-10-4-3-5-11(8-10)18-9-13-15-12(6-7-14)16-17(13)2/h3-5,8H,6-7,9,14H2,1-2H3. The van der Waals surface area contributed by atoms with Crippen molar-refractivity contribution in [3.8, 4) is 5.75 Å². The van der Waals surface area contributed by atoms with Gasteiger partial charge in [-0.1, -0.05) is 12.1 Å². The third-order valence-corrected chi connectivity index (χ3v) is 2.62. The average Bonchev–Trinajstić information content (AvgIpc) is 2.68. The Morgan fingerprint density at radius 3 is 2.94 bits per heavy atom. The van der Waals surface area contributed by atoms with Gasteiger partial charge in [-0.3, -0.25) is 0 Å². The zero-order chi connectivity index (χ0) is 13.0. The third-order valence-electron chi connectivity index (χ3n) is 2.62. The topological polar surface area (TPSA) is 66.0 Å². The van der Waals surface area contributed by atoms with Crippen molar-refractivity contribution in [2.75, 3.05) is 6.54 Å². The molecule has 0 unspecified atom stereocenters. The highest BCUT2D eigenvalue weighted by molar-refractivity contribution is 5.27. The van der Waals surface area contributed by atoms with Gasteiger partial charge in [0.15, 0.2) is 11.6 Å². The summed E-state index contributed by atoms with van der Waals surface area (Å²) in [6, 6.07) is 7.94. The number of aromatic nitrogens is 3. The fraction of sp³-hybridized carbons (Fsp3) is 0.385. The average molecular weight is 246 g/mol. The minimum Gasteiger partial charge on any atom is -0.486 e. The normalized spacial score (nSPS) is 10.6. The van der Waals surface area contributed by atoms with Crippen LogP contribution in [-0.4, -0.2) is 21.3 Å². The van der Waals surface area contributed by atoms with E-state index in [9.17, 15) is 0 Å². The molecule has 0 spiro atoms. The van der Waals surface area contributed by atoms with Crippen LogP contribution in [0.1, 0.15) is 17.2 Å². The minimum atomic E-state index is 0.414. The third kappa shape index (κ3) is 3.07. The van der Waals surface area contributed by atoms with Crippen LogP contribution in [0.25, 0.3) is 0 Å². The highest BCUT2D eigenvalue weighted by Gasteiger charge is 2.07. The summed E-state index contributed by atoms with van der Waals surface area (Å²) < 4.78 is 7.43. The number of ether oxygens (including phenoxy) is 1. The van der Waals surface area contributed by atoms with E-state index >= 15 is 0 Å². The van der Waals surface area contributed by atoms with Crippen LogP contribution in [0.2, 0.25) is 0 Å². The molecule has 0 fully saturated rings. The fourth-order valence-electron chi connectivity index (χ4n) is 1.69. The molecule has 2 aromatic rings. The first-order valence-corrected chi connectivity index (χ1v) is 5.97. The molecule has 0 saturated heterocycles. The van der Waals surface area contributed by atoms with E-state index in [2.05, 4.69) is 10.1 Å². The van der Waals surface area contributed by atoms with Crippen LogP contribution in [0, 0.1) is 6.92 Å². The van der Waals surface area contributed by atoms with Crippen molar-refractivity contribution in [1.82, 2.24) is 14.8 Å². The van der Waals surface area contributed by atoms with Crippen molar-refractivity contribution in [3.05, 3.63) is 41.5 Å². The van der Waals surface area contributed by atoms with Crippen molar-refractivity contribution in [1.29, 1.82) is 0 Å².